The van der Waals surface area contributed by atoms with E-state index in [0.717, 1.165) is 42.8 Å². The van der Waals surface area contributed by atoms with E-state index in [2.05, 4.69) is 27.0 Å². The highest BCUT2D eigenvalue weighted by atomic mass is 16.5. The Morgan fingerprint density at radius 3 is 2.63 bits per heavy atom. The average molecular weight is 369 g/mol. The number of H-pyrrole nitrogens is 1. The second-order valence-electron chi connectivity index (χ2n) is 7.53. The Hall–Kier alpha value is -2.18. The largest absolute Gasteiger partial charge is 0.491 e. The van der Waals surface area contributed by atoms with Crippen LogP contribution in [0.15, 0.2) is 29.1 Å². The number of fused-ring (bicyclic) bond motifs is 3. The molecule has 2 bridgehead atoms. The van der Waals surface area contributed by atoms with Crippen molar-refractivity contribution in [3.8, 4) is 5.75 Å². The predicted octanol–water partition coefficient (Wildman–Crippen LogP) is 2.24. The van der Waals surface area contributed by atoms with Crippen molar-refractivity contribution in [1.29, 1.82) is 0 Å². The van der Waals surface area contributed by atoms with Gasteiger partial charge in [0.15, 0.2) is 0 Å². The smallest absolute Gasteiger partial charge is 0.254 e. The Labute approximate surface area is 159 Å². The number of ether oxygens (including phenoxy) is 2. The lowest BCUT2D eigenvalue weighted by atomic mass is 9.98. The number of nitrogens with one attached hydrogen (secondary N) is 1. The van der Waals surface area contributed by atoms with Crippen molar-refractivity contribution in [3.05, 3.63) is 57.3 Å². The van der Waals surface area contributed by atoms with Gasteiger partial charge in [0.2, 0.25) is 0 Å². The Bertz CT molecular complexity index is 847. The van der Waals surface area contributed by atoms with Gasteiger partial charge in [0.05, 0.1) is 12.3 Å². The number of benzene rings is 1. The van der Waals surface area contributed by atoms with Gasteiger partial charge in [0, 0.05) is 37.7 Å². The monoisotopic (exact) mass is 369 g/mol. The van der Waals surface area contributed by atoms with Gasteiger partial charge < -0.3 is 14.5 Å². The highest BCUT2D eigenvalue weighted by molar-refractivity contribution is 5.28. The van der Waals surface area contributed by atoms with Crippen LogP contribution in [0.4, 0.5) is 0 Å². The molecule has 2 aliphatic heterocycles. The second-order valence-corrected chi connectivity index (χ2v) is 7.53. The third-order valence-corrected chi connectivity index (χ3v) is 5.70. The van der Waals surface area contributed by atoms with Gasteiger partial charge in [-0.3, -0.25) is 9.69 Å². The fraction of sp³-hybridized carbons (Fsp3) is 0.524. The van der Waals surface area contributed by atoms with Gasteiger partial charge in [0.1, 0.15) is 18.2 Å². The molecule has 27 heavy (non-hydrogen) atoms. The standard InChI is InChI=1S/C21H27N3O3/c1-14-22-20-12-17-6-5-16(11-19(20)21(25)23-14)24(17)13-15-3-7-18(8-4-15)27-10-9-26-2/h3-4,7-8,16-17H,5-6,9-13H2,1-2H3,(H,22,23,25)/t16-,17+/m1/s1. The lowest BCUT2D eigenvalue weighted by molar-refractivity contribution is 0.146. The summed E-state index contributed by atoms with van der Waals surface area (Å²) < 4.78 is 10.7. The first-order chi connectivity index (χ1) is 13.1. The van der Waals surface area contributed by atoms with E-state index < -0.39 is 0 Å². The molecule has 0 amide bonds. The number of hydrogen-bond acceptors (Lipinski definition) is 5. The minimum absolute atomic E-state index is 0.0440. The van der Waals surface area contributed by atoms with Crippen LogP contribution in [0.1, 0.15) is 35.5 Å². The summed E-state index contributed by atoms with van der Waals surface area (Å²) in [6, 6.07) is 9.19. The molecule has 4 rings (SSSR count). The number of aromatic nitrogens is 2. The molecule has 1 saturated heterocycles. The van der Waals surface area contributed by atoms with Crippen molar-refractivity contribution in [2.45, 2.75) is 51.2 Å². The fourth-order valence-corrected chi connectivity index (χ4v) is 4.36. The first-order valence-electron chi connectivity index (χ1n) is 9.69. The number of methoxy groups -OCH3 is 1. The first kappa shape index (κ1) is 18.2. The summed E-state index contributed by atoms with van der Waals surface area (Å²) in [6.07, 6.45) is 3.99. The number of hydrogen-bond donors (Lipinski definition) is 1. The molecule has 0 saturated carbocycles. The van der Waals surface area contributed by atoms with E-state index in [9.17, 15) is 4.79 Å². The van der Waals surface area contributed by atoms with Crippen LogP contribution in [0, 0.1) is 6.92 Å². The number of rotatable bonds is 6. The molecule has 2 aromatic rings. The Morgan fingerprint density at radius 1 is 1.15 bits per heavy atom. The summed E-state index contributed by atoms with van der Waals surface area (Å²) >= 11 is 0. The molecule has 6 nitrogen and oxygen atoms in total. The van der Waals surface area contributed by atoms with Gasteiger partial charge in [-0.25, -0.2) is 4.98 Å². The number of aromatic amines is 1. The molecule has 0 aliphatic carbocycles. The van der Waals surface area contributed by atoms with Crippen LogP contribution in [-0.2, 0) is 24.1 Å². The molecule has 3 heterocycles. The van der Waals surface area contributed by atoms with Crippen LogP contribution in [0.5, 0.6) is 5.75 Å². The van der Waals surface area contributed by atoms with Crippen LogP contribution in [0.2, 0.25) is 0 Å². The highest BCUT2D eigenvalue weighted by Gasteiger charge is 2.38. The van der Waals surface area contributed by atoms with Crippen LogP contribution in [0.25, 0.3) is 0 Å². The Morgan fingerprint density at radius 2 is 1.89 bits per heavy atom. The summed E-state index contributed by atoms with van der Waals surface area (Å²) in [5.41, 5.74) is 3.20. The molecule has 0 spiro atoms. The summed E-state index contributed by atoms with van der Waals surface area (Å²) in [7, 11) is 1.67. The molecule has 0 radical (unpaired) electrons. The fourth-order valence-electron chi connectivity index (χ4n) is 4.36. The van der Waals surface area contributed by atoms with E-state index in [1.165, 1.54) is 12.0 Å². The minimum Gasteiger partial charge on any atom is -0.491 e. The summed E-state index contributed by atoms with van der Waals surface area (Å²) in [5.74, 6) is 1.58. The van der Waals surface area contributed by atoms with Crippen molar-refractivity contribution in [1.82, 2.24) is 14.9 Å². The zero-order valence-corrected chi connectivity index (χ0v) is 16.0. The van der Waals surface area contributed by atoms with Gasteiger partial charge in [0.25, 0.3) is 5.56 Å². The zero-order chi connectivity index (χ0) is 18.8. The summed E-state index contributed by atoms with van der Waals surface area (Å²) in [4.78, 5) is 22.5. The van der Waals surface area contributed by atoms with E-state index in [1.54, 1.807) is 7.11 Å². The molecule has 6 heteroatoms. The molecule has 1 aromatic heterocycles. The lowest BCUT2D eigenvalue weighted by Gasteiger charge is -2.28. The quantitative estimate of drug-likeness (QED) is 0.791. The number of aryl methyl sites for hydroxylation is 1. The van der Waals surface area contributed by atoms with Crippen LogP contribution < -0.4 is 10.3 Å². The summed E-state index contributed by atoms with van der Waals surface area (Å²) in [6.45, 7) is 3.91. The lowest BCUT2D eigenvalue weighted by Crippen LogP contribution is -2.36. The second kappa shape index (κ2) is 7.82. The third kappa shape index (κ3) is 3.92. The topological polar surface area (TPSA) is 67.5 Å². The maximum Gasteiger partial charge on any atom is 0.254 e. The van der Waals surface area contributed by atoms with E-state index in [-0.39, 0.29) is 5.56 Å². The molecular formula is C21H27N3O3. The van der Waals surface area contributed by atoms with Gasteiger partial charge in [-0.1, -0.05) is 12.1 Å². The van der Waals surface area contributed by atoms with E-state index in [4.69, 9.17) is 9.47 Å². The number of nitrogens with zero attached hydrogens (tertiary/aromatic N) is 2. The van der Waals surface area contributed by atoms with Gasteiger partial charge in [-0.05, 0) is 43.9 Å². The maximum atomic E-state index is 12.4. The van der Waals surface area contributed by atoms with Crippen LogP contribution >= 0.6 is 0 Å². The van der Waals surface area contributed by atoms with Crippen molar-refractivity contribution in [2.24, 2.45) is 0 Å². The molecular weight excluding hydrogens is 342 g/mol. The molecule has 2 aliphatic rings. The van der Waals surface area contributed by atoms with Crippen molar-refractivity contribution in [3.63, 3.8) is 0 Å². The molecule has 1 N–H and O–H groups in total. The van der Waals surface area contributed by atoms with Crippen molar-refractivity contribution < 1.29 is 9.47 Å². The van der Waals surface area contributed by atoms with Crippen molar-refractivity contribution >= 4 is 0 Å². The predicted molar refractivity (Wildman–Crippen MR) is 103 cm³/mol. The van der Waals surface area contributed by atoms with E-state index in [1.807, 2.05) is 19.1 Å². The van der Waals surface area contributed by atoms with Gasteiger partial charge >= 0.3 is 0 Å². The van der Waals surface area contributed by atoms with Crippen molar-refractivity contribution in [2.75, 3.05) is 20.3 Å². The highest BCUT2D eigenvalue weighted by Crippen LogP contribution is 2.33. The zero-order valence-electron chi connectivity index (χ0n) is 16.0. The van der Waals surface area contributed by atoms with E-state index in [0.29, 0.717) is 31.1 Å². The third-order valence-electron chi connectivity index (χ3n) is 5.70. The molecule has 2 atom stereocenters. The molecule has 1 fully saturated rings. The molecule has 0 unspecified atom stereocenters. The van der Waals surface area contributed by atoms with E-state index >= 15 is 0 Å². The SMILES string of the molecule is COCCOc1ccc(CN2[C@@H]3CC[C@H]2Cc2nc(C)[nH]c(=O)c2C3)cc1. The normalized spacial score (nSPS) is 21.7. The Balaban J connectivity index is 1.47. The van der Waals surface area contributed by atoms with Gasteiger partial charge in [-0.15, -0.1) is 0 Å². The van der Waals surface area contributed by atoms with Crippen LogP contribution in [-0.4, -0.2) is 47.3 Å². The summed E-state index contributed by atoms with van der Waals surface area (Å²) in [5, 5.41) is 0. The minimum atomic E-state index is 0.0440. The molecule has 1 aromatic carbocycles. The average Bonchev–Trinajstić information content (AvgIpc) is 2.92. The van der Waals surface area contributed by atoms with Crippen LogP contribution in [0.3, 0.4) is 0 Å². The van der Waals surface area contributed by atoms with Gasteiger partial charge in [-0.2, -0.15) is 0 Å². The maximum absolute atomic E-state index is 12.4. The molecule has 144 valence electrons. The Kier molecular flexibility index (Phi) is 5.27. The first-order valence-corrected chi connectivity index (χ1v) is 9.69.